The fraction of sp³-hybridized carbons (Fsp3) is 0.350. The lowest BCUT2D eigenvalue weighted by molar-refractivity contribution is -0.144. The molecule has 3 rings (SSSR count). The summed E-state index contributed by atoms with van der Waals surface area (Å²) in [4.78, 5) is 28.3. The van der Waals surface area contributed by atoms with Gasteiger partial charge in [-0.2, -0.15) is 5.26 Å². The number of benzene rings is 1. The molecule has 2 aliphatic heterocycles. The number of hydrogen-bond donors (Lipinski definition) is 1. The van der Waals surface area contributed by atoms with Crippen LogP contribution in [-0.4, -0.2) is 24.5 Å². The van der Waals surface area contributed by atoms with E-state index in [0.717, 1.165) is 0 Å². The number of halogens is 1. The van der Waals surface area contributed by atoms with Crippen molar-refractivity contribution in [3.63, 3.8) is 0 Å². The summed E-state index contributed by atoms with van der Waals surface area (Å²) in [7, 11) is 0. The second kappa shape index (κ2) is 6.99. The number of carbonyl (C=O) groups is 2. The first-order valence-corrected chi connectivity index (χ1v) is 9.61. The van der Waals surface area contributed by atoms with Crippen LogP contribution in [0, 0.1) is 11.3 Å². The molecule has 1 spiro atoms. The summed E-state index contributed by atoms with van der Waals surface area (Å²) in [6.45, 7) is 7.14. The number of rotatable bonds is 3. The first kappa shape index (κ1) is 20.0. The molecule has 1 amide bonds. The van der Waals surface area contributed by atoms with E-state index in [2.05, 4.69) is 15.9 Å². The van der Waals surface area contributed by atoms with Crippen LogP contribution in [0.2, 0.25) is 0 Å². The van der Waals surface area contributed by atoms with Crippen LogP contribution < -0.4 is 10.6 Å². The Kier molecular flexibility index (Phi) is 4.98. The fourth-order valence-corrected chi connectivity index (χ4v) is 4.18. The van der Waals surface area contributed by atoms with Gasteiger partial charge < -0.3 is 20.1 Å². The molecule has 1 atom stereocenters. The zero-order chi connectivity index (χ0) is 20.8. The van der Waals surface area contributed by atoms with E-state index in [1.807, 2.05) is 13.0 Å². The second-order valence-corrected chi connectivity index (χ2v) is 7.71. The Morgan fingerprint density at radius 3 is 2.71 bits per heavy atom. The predicted octanol–water partition coefficient (Wildman–Crippen LogP) is 3.00. The predicted molar refractivity (Wildman–Crippen MR) is 106 cm³/mol. The van der Waals surface area contributed by atoms with Gasteiger partial charge in [-0.15, -0.1) is 0 Å². The second-order valence-electron chi connectivity index (χ2n) is 6.80. The maximum atomic E-state index is 13.7. The van der Waals surface area contributed by atoms with Gasteiger partial charge in [0.1, 0.15) is 23.0 Å². The van der Waals surface area contributed by atoms with Gasteiger partial charge in [0.25, 0.3) is 0 Å². The van der Waals surface area contributed by atoms with Crippen molar-refractivity contribution in [1.82, 2.24) is 0 Å². The lowest BCUT2D eigenvalue weighted by atomic mass is 9.68. The Morgan fingerprint density at radius 2 is 2.14 bits per heavy atom. The Hall–Kier alpha value is -2.79. The minimum absolute atomic E-state index is 0.0211. The SMILES string of the molecule is CCN1C(=O)C2(C(C#N)=C(N)OC(C)=C2C(=O)OC(C)C)c2cc(Br)ccc21. The molecule has 1 aromatic carbocycles. The molecule has 28 heavy (non-hydrogen) atoms. The number of likely N-dealkylation sites (N-methyl/N-ethyl adjacent to an activating group) is 1. The van der Waals surface area contributed by atoms with Gasteiger partial charge in [-0.25, -0.2) is 4.79 Å². The molecule has 0 bridgehead atoms. The van der Waals surface area contributed by atoms with E-state index in [-0.39, 0.29) is 22.8 Å². The summed E-state index contributed by atoms with van der Waals surface area (Å²) >= 11 is 3.42. The van der Waals surface area contributed by atoms with E-state index in [9.17, 15) is 14.9 Å². The van der Waals surface area contributed by atoms with Crippen molar-refractivity contribution >= 4 is 33.5 Å². The first-order valence-electron chi connectivity index (χ1n) is 8.82. The monoisotopic (exact) mass is 445 g/mol. The van der Waals surface area contributed by atoms with Crippen LogP contribution in [0.5, 0.6) is 0 Å². The molecule has 1 aromatic rings. The molecule has 1 unspecified atom stereocenters. The lowest BCUT2D eigenvalue weighted by Crippen LogP contribution is -2.48. The van der Waals surface area contributed by atoms with Gasteiger partial charge in [0.15, 0.2) is 5.41 Å². The van der Waals surface area contributed by atoms with Crippen molar-refractivity contribution in [1.29, 1.82) is 5.26 Å². The van der Waals surface area contributed by atoms with E-state index in [0.29, 0.717) is 22.3 Å². The maximum absolute atomic E-state index is 13.7. The van der Waals surface area contributed by atoms with Crippen LogP contribution >= 0.6 is 15.9 Å². The highest BCUT2D eigenvalue weighted by Gasteiger charge is 2.62. The summed E-state index contributed by atoms with van der Waals surface area (Å²) in [6, 6.07) is 7.31. The van der Waals surface area contributed by atoms with Crippen LogP contribution in [0.15, 0.2) is 45.5 Å². The largest absolute Gasteiger partial charge is 0.459 e. The third-order valence-electron chi connectivity index (χ3n) is 4.81. The van der Waals surface area contributed by atoms with Crippen molar-refractivity contribution in [3.8, 4) is 6.07 Å². The van der Waals surface area contributed by atoms with Crippen LogP contribution in [0.4, 0.5) is 5.69 Å². The van der Waals surface area contributed by atoms with Crippen molar-refractivity contribution in [3.05, 3.63) is 51.0 Å². The molecule has 0 saturated carbocycles. The quantitative estimate of drug-likeness (QED) is 0.716. The summed E-state index contributed by atoms with van der Waals surface area (Å²) < 4.78 is 11.6. The Balaban J connectivity index is 2.43. The molecule has 8 heteroatoms. The molecule has 0 radical (unpaired) electrons. The number of anilines is 1. The third kappa shape index (κ3) is 2.61. The van der Waals surface area contributed by atoms with E-state index in [1.54, 1.807) is 39.0 Å². The summed E-state index contributed by atoms with van der Waals surface area (Å²) in [5.74, 6) is -1.20. The lowest BCUT2D eigenvalue weighted by Gasteiger charge is -2.34. The van der Waals surface area contributed by atoms with Crippen molar-refractivity contribution in [2.45, 2.75) is 39.2 Å². The number of esters is 1. The van der Waals surface area contributed by atoms with Gasteiger partial charge in [0.05, 0.1) is 6.10 Å². The van der Waals surface area contributed by atoms with Crippen molar-refractivity contribution < 1.29 is 19.1 Å². The summed E-state index contributed by atoms with van der Waals surface area (Å²) in [6.07, 6.45) is -0.417. The highest BCUT2D eigenvalue weighted by molar-refractivity contribution is 9.10. The number of nitrogens with two attached hydrogens (primary N) is 1. The fourth-order valence-electron chi connectivity index (χ4n) is 3.82. The molecule has 146 valence electrons. The van der Waals surface area contributed by atoms with Crippen LogP contribution in [0.3, 0.4) is 0 Å². The molecule has 2 N–H and O–H groups in total. The summed E-state index contributed by atoms with van der Waals surface area (Å²) in [5.41, 5.74) is 5.27. The van der Waals surface area contributed by atoms with Gasteiger partial charge in [-0.1, -0.05) is 15.9 Å². The number of nitriles is 1. The van der Waals surface area contributed by atoms with Crippen molar-refractivity contribution in [2.75, 3.05) is 11.4 Å². The molecular weight excluding hydrogens is 426 g/mol. The minimum atomic E-state index is -1.71. The normalized spacial score (nSPS) is 21.2. The van der Waals surface area contributed by atoms with Crippen molar-refractivity contribution in [2.24, 2.45) is 5.73 Å². The van der Waals surface area contributed by atoms with Crippen LogP contribution in [0.1, 0.15) is 33.3 Å². The number of ether oxygens (including phenoxy) is 2. The standard InChI is InChI=1S/C20H20BrN3O4/c1-5-24-15-7-6-12(21)8-13(15)20(19(24)26)14(9-22)17(23)28-11(4)16(20)18(25)27-10(2)3/h6-8,10H,5,23H2,1-4H3. The number of allylic oxidation sites excluding steroid dienone is 1. The van der Waals surface area contributed by atoms with Gasteiger partial charge in [-0.05, 0) is 45.9 Å². The Morgan fingerprint density at radius 1 is 1.46 bits per heavy atom. The number of nitrogens with zero attached hydrogens (tertiary/aromatic N) is 2. The maximum Gasteiger partial charge on any atom is 0.339 e. The van der Waals surface area contributed by atoms with Gasteiger partial charge in [0, 0.05) is 22.3 Å². The van der Waals surface area contributed by atoms with Crippen LogP contribution in [-0.2, 0) is 24.5 Å². The highest BCUT2D eigenvalue weighted by atomic mass is 79.9. The molecular formula is C20H20BrN3O4. The highest BCUT2D eigenvalue weighted by Crippen LogP contribution is 2.54. The molecule has 0 aliphatic carbocycles. The zero-order valence-corrected chi connectivity index (χ0v) is 17.6. The Labute approximate surface area is 171 Å². The van der Waals surface area contributed by atoms with E-state index >= 15 is 0 Å². The van der Waals surface area contributed by atoms with E-state index in [1.165, 1.54) is 4.90 Å². The Bertz CT molecular complexity index is 990. The average molecular weight is 446 g/mol. The topological polar surface area (TPSA) is 106 Å². The molecule has 0 saturated heterocycles. The van der Waals surface area contributed by atoms with E-state index in [4.69, 9.17) is 15.2 Å². The van der Waals surface area contributed by atoms with Gasteiger partial charge in [-0.3, -0.25) is 4.79 Å². The number of fused-ring (bicyclic) bond motifs is 2. The zero-order valence-electron chi connectivity index (χ0n) is 16.0. The van der Waals surface area contributed by atoms with E-state index < -0.39 is 23.4 Å². The minimum Gasteiger partial charge on any atom is -0.459 e. The first-order chi connectivity index (χ1) is 13.2. The molecule has 2 heterocycles. The average Bonchev–Trinajstić information content (AvgIpc) is 2.83. The molecule has 0 aromatic heterocycles. The smallest absolute Gasteiger partial charge is 0.339 e. The number of carbonyl (C=O) groups excluding carboxylic acids is 2. The van der Waals surface area contributed by atoms with Crippen LogP contribution in [0.25, 0.3) is 0 Å². The number of hydrogen-bond acceptors (Lipinski definition) is 6. The molecule has 0 fully saturated rings. The van der Waals surface area contributed by atoms with Gasteiger partial charge >= 0.3 is 5.97 Å². The molecule has 2 aliphatic rings. The third-order valence-corrected chi connectivity index (χ3v) is 5.30. The summed E-state index contributed by atoms with van der Waals surface area (Å²) in [5, 5.41) is 9.90. The van der Waals surface area contributed by atoms with Gasteiger partial charge in [0.2, 0.25) is 11.8 Å². The number of amides is 1. The molecule has 7 nitrogen and oxygen atoms in total.